The van der Waals surface area contributed by atoms with Crippen LogP contribution in [0.3, 0.4) is 0 Å². The van der Waals surface area contributed by atoms with Crippen molar-refractivity contribution in [3.8, 4) is 17.2 Å². The van der Waals surface area contributed by atoms with Gasteiger partial charge in [-0.15, -0.1) is 0 Å². The van der Waals surface area contributed by atoms with Gasteiger partial charge in [-0.25, -0.2) is 5.43 Å². The molecule has 160 valence electrons. The number of hydrazone groups is 1. The largest absolute Gasteiger partial charge is 0.497 e. The molecule has 0 saturated carbocycles. The summed E-state index contributed by atoms with van der Waals surface area (Å²) >= 11 is 12.4. The molecule has 0 spiro atoms. The van der Waals surface area contributed by atoms with E-state index in [0.717, 1.165) is 5.56 Å². The van der Waals surface area contributed by atoms with E-state index >= 15 is 0 Å². The first-order chi connectivity index (χ1) is 15.0. The molecule has 0 fully saturated rings. The number of benzene rings is 3. The minimum atomic E-state index is -0.331. The molecule has 3 aromatic carbocycles. The SMILES string of the molecule is COc1ccc(C(=O)NN=Cc2ccc(OCc3c(Cl)cccc3Cl)c(OC)c2)cc1. The molecule has 0 aliphatic heterocycles. The summed E-state index contributed by atoms with van der Waals surface area (Å²) in [6.07, 6.45) is 1.51. The highest BCUT2D eigenvalue weighted by Gasteiger charge is 2.10. The second-order valence-electron chi connectivity index (χ2n) is 6.33. The van der Waals surface area contributed by atoms with Crippen LogP contribution in [0.25, 0.3) is 0 Å². The maximum Gasteiger partial charge on any atom is 0.271 e. The van der Waals surface area contributed by atoms with Crippen LogP contribution < -0.4 is 19.6 Å². The van der Waals surface area contributed by atoms with Crippen LogP contribution in [0.15, 0.2) is 65.8 Å². The predicted octanol–water partition coefficient (Wildman–Crippen LogP) is 5.35. The number of carbonyl (C=O) groups excluding carboxylic acids is 1. The number of amides is 1. The number of nitrogens with one attached hydrogen (secondary N) is 1. The van der Waals surface area contributed by atoms with Gasteiger partial charge in [0.05, 0.1) is 20.4 Å². The monoisotopic (exact) mass is 458 g/mol. The quantitative estimate of drug-likeness (QED) is 0.364. The average Bonchev–Trinajstić information content (AvgIpc) is 2.79. The van der Waals surface area contributed by atoms with E-state index in [-0.39, 0.29) is 12.5 Å². The molecule has 0 heterocycles. The summed E-state index contributed by atoms with van der Waals surface area (Å²) in [5.41, 5.74) is 4.37. The van der Waals surface area contributed by atoms with E-state index in [0.29, 0.717) is 38.4 Å². The van der Waals surface area contributed by atoms with Gasteiger partial charge >= 0.3 is 0 Å². The van der Waals surface area contributed by atoms with E-state index in [1.807, 2.05) is 0 Å². The van der Waals surface area contributed by atoms with E-state index in [4.69, 9.17) is 37.4 Å². The topological polar surface area (TPSA) is 69.2 Å². The fourth-order valence-corrected chi connectivity index (χ4v) is 3.18. The van der Waals surface area contributed by atoms with Gasteiger partial charge < -0.3 is 14.2 Å². The third-order valence-corrected chi connectivity index (χ3v) is 5.06. The number of methoxy groups -OCH3 is 2. The maximum absolute atomic E-state index is 12.2. The first-order valence-corrected chi connectivity index (χ1v) is 9.98. The highest BCUT2D eigenvalue weighted by atomic mass is 35.5. The first-order valence-electron chi connectivity index (χ1n) is 9.23. The molecule has 0 bridgehead atoms. The second kappa shape index (κ2) is 10.7. The van der Waals surface area contributed by atoms with E-state index in [9.17, 15) is 4.79 Å². The van der Waals surface area contributed by atoms with Crippen molar-refractivity contribution in [2.24, 2.45) is 5.10 Å². The standard InChI is InChI=1S/C23H20Cl2N2O4/c1-29-17-9-7-16(8-10-17)23(28)27-26-13-15-6-11-21(22(12-15)30-2)31-14-18-19(24)4-3-5-20(18)25/h3-13H,14H2,1-2H3,(H,27,28). The summed E-state index contributed by atoms with van der Waals surface area (Å²) < 4.78 is 16.3. The van der Waals surface area contributed by atoms with Crippen LogP contribution in [0, 0.1) is 0 Å². The Morgan fingerprint density at radius 1 is 0.968 bits per heavy atom. The summed E-state index contributed by atoms with van der Waals surface area (Å²) in [6, 6.07) is 17.3. The van der Waals surface area contributed by atoms with E-state index in [2.05, 4.69) is 10.5 Å². The van der Waals surface area contributed by atoms with Crippen LogP contribution in [-0.2, 0) is 6.61 Å². The lowest BCUT2D eigenvalue weighted by Crippen LogP contribution is -2.17. The average molecular weight is 459 g/mol. The lowest BCUT2D eigenvalue weighted by atomic mass is 10.2. The Kier molecular flexibility index (Phi) is 7.76. The van der Waals surface area contributed by atoms with E-state index in [1.165, 1.54) is 13.3 Å². The fraction of sp³-hybridized carbons (Fsp3) is 0.130. The Bertz CT molecular complexity index is 1070. The second-order valence-corrected chi connectivity index (χ2v) is 7.14. The smallest absolute Gasteiger partial charge is 0.271 e. The van der Waals surface area contributed by atoms with Gasteiger partial charge in [0, 0.05) is 21.2 Å². The summed E-state index contributed by atoms with van der Waals surface area (Å²) in [6.45, 7) is 0.195. The Labute approximate surface area is 190 Å². The normalized spacial score (nSPS) is 10.7. The third-order valence-electron chi connectivity index (χ3n) is 4.35. The van der Waals surface area contributed by atoms with Crippen molar-refractivity contribution in [3.05, 3.63) is 87.4 Å². The van der Waals surface area contributed by atoms with E-state index < -0.39 is 0 Å². The Balaban J connectivity index is 1.64. The van der Waals surface area contributed by atoms with Crippen molar-refractivity contribution in [1.82, 2.24) is 5.43 Å². The minimum Gasteiger partial charge on any atom is -0.497 e. The molecule has 8 heteroatoms. The molecular weight excluding hydrogens is 439 g/mol. The molecule has 3 aromatic rings. The summed E-state index contributed by atoms with van der Waals surface area (Å²) in [7, 11) is 3.10. The third kappa shape index (κ3) is 5.90. The molecule has 0 aliphatic carbocycles. The number of ether oxygens (including phenoxy) is 3. The van der Waals surface area contributed by atoms with Gasteiger partial charge in [0.15, 0.2) is 11.5 Å². The van der Waals surface area contributed by atoms with Gasteiger partial charge in [0.25, 0.3) is 5.91 Å². The van der Waals surface area contributed by atoms with Gasteiger partial charge in [0.1, 0.15) is 12.4 Å². The molecule has 1 amide bonds. The molecule has 0 saturated heterocycles. The lowest BCUT2D eigenvalue weighted by molar-refractivity contribution is 0.0955. The number of halogens is 2. The summed E-state index contributed by atoms with van der Waals surface area (Å²) in [4.78, 5) is 12.2. The summed E-state index contributed by atoms with van der Waals surface area (Å²) in [5, 5.41) is 5.06. The zero-order valence-corrected chi connectivity index (χ0v) is 18.4. The number of rotatable bonds is 8. The summed E-state index contributed by atoms with van der Waals surface area (Å²) in [5.74, 6) is 1.38. The molecule has 0 unspecified atom stereocenters. The van der Waals surface area contributed by atoms with Crippen molar-refractivity contribution in [1.29, 1.82) is 0 Å². The van der Waals surface area contributed by atoms with E-state index in [1.54, 1.807) is 67.8 Å². The fourth-order valence-electron chi connectivity index (χ4n) is 2.68. The van der Waals surface area contributed by atoms with Crippen molar-refractivity contribution in [2.45, 2.75) is 6.61 Å². The van der Waals surface area contributed by atoms with Gasteiger partial charge in [-0.05, 0) is 60.2 Å². The predicted molar refractivity (Wildman–Crippen MR) is 122 cm³/mol. The lowest BCUT2D eigenvalue weighted by Gasteiger charge is -2.13. The zero-order chi connectivity index (χ0) is 22.2. The number of hydrogen-bond donors (Lipinski definition) is 1. The Morgan fingerprint density at radius 3 is 2.32 bits per heavy atom. The van der Waals surface area contributed by atoms with Gasteiger partial charge in [-0.1, -0.05) is 29.3 Å². The van der Waals surface area contributed by atoms with Crippen molar-refractivity contribution in [3.63, 3.8) is 0 Å². The number of carbonyl (C=O) groups is 1. The molecule has 6 nitrogen and oxygen atoms in total. The molecule has 3 rings (SSSR count). The van der Waals surface area contributed by atoms with Gasteiger partial charge in [-0.2, -0.15) is 5.10 Å². The molecule has 0 radical (unpaired) electrons. The van der Waals surface area contributed by atoms with Crippen LogP contribution >= 0.6 is 23.2 Å². The Morgan fingerprint density at radius 2 is 1.68 bits per heavy atom. The van der Waals surface area contributed by atoms with Gasteiger partial charge in [-0.3, -0.25) is 4.79 Å². The van der Waals surface area contributed by atoms with Crippen LogP contribution in [0.2, 0.25) is 10.0 Å². The van der Waals surface area contributed by atoms with Crippen LogP contribution in [0.5, 0.6) is 17.2 Å². The highest BCUT2D eigenvalue weighted by molar-refractivity contribution is 6.35. The molecule has 31 heavy (non-hydrogen) atoms. The van der Waals surface area contributed by atoms with Crippen LogP contribution in [0.1, 0.15) is 21.5 Å². The minimum absolute atomic E-state index is 0.195. The Hall–Kier alpha value is -3.22. The highest BCUT2D eigenvalue weighted by Crippen LogP contribution is 2.31. The first kappa shape index (κ1) is 22.5. The number of hydrogen-bond acceptors (Lipinski definition) is 5. The van der Waals surface area contributed by atoms with Crippen molar-refractivity contribution >= 4 is 35.3 Å². The van der Waals surface area contributed by atoms with Crippen LogP contribution in [0.4, 0.5) is 0 Å². The molecule has 0 aromatic heterocycles. The van der Waals surface area contributed by atoms with Crippen molar-refractivity contribution in [2.75, 3.05) is 14.2 Å². The maximum atomic E-state index is 12.2. The molecule has 1 N–H and O–H groups in total. The zero-order valence-electron chi connectivity index (χ0n) is 16.9. The number of nitrogens with zero attached hydrogens (tertiary/aromatic N) is 1. The molecule has 0 atom stereocenters. The molecular formula is C23H20Cl2N2O4. The van der Waals surface area contributed by atoms with Crippen molar-refractivity contribution < 1.29 is 19.0 Å². The van der Waals surface area contributed by atoms with Gasteiger partial charge in [0.2, 0.25) is 0 Å². The molecule has 0 aliphatic rings. The van der Waals surface area contributed by atoms with Crippen LogP contribution in [-0.4, -0.2) is 26.3 Å².